The van der Waals surface area contributed by atoms with Gasteiger partial charge in [0.25, 0.3) is 0 Å². The standard InChI is InChI=1S/C19H19FN4O2/c1-12-9-17(26-24-12)14-11-22-19(23-18(14)16-7-4-8-25-16)21-10-13-5-2-3-6-15(13)20/h2-3,5-6,9,11,16H,4,7-8,10H2,1H3,(H,21,22,23). The molecule has 0 bridgehead atoms. The number of ether oxygens (including phenoxy) is 1. The molecule has 26 heavy (non-hydrogen) atoms. The van der Waals surface area contributed by atoms with E-state index < -0.39 is 0 Å². The number of rotatable bonds is 5. The van der Waals surface area contributed by atoms with E-state index in [0.29, 0.717) is 30.4 Å². The molecule has 6 nitrogen and oxygen atoms in total. The van der Waals surface area contributed by atoms with Gasteiger partial charge in [-0.3, -0.25) is 0 Å². The van der Waals surface area contributed by atoms with Gasteiger partial charge in [-0.15, -0.1) is 0 Å². The van der Waals surface area contributed by atoms with Crippen molar-refractivity contribution in [3.63, 3.8) is 0 Å². The van der Waals surface area contributed by atoms with Gasteiger partial charge in [-0.25, -0.2) is 14.4 Å². The van der Waals surface area contributed by atoms with Crippen molar-refractivity contribution in [1.29, 1.82) is 0 Å². The van der Waals surface area contributed by atoms with Crippen LogP contribution < -0.4 is 5.32 Å². The average molecular weight is 354 g/mol. The summed E-state index contributed by atoms with van der Waals surface area (Å²) in [6.45, 7) is 2.88. The van der Waals surface area contributed by atoms with E-state index in [1.165, 1.54) is 6.07 Å². The maximum absolute atomic E-state index is 13.8. The molecule has 1 saturated heterocycles. The fourth-order valence-corrected chi connectivity index (χ4v) is 3.02. The van der Waals surface area contributed by atoms with Gasteiger partial charge in [0.15, 0.2) is 5.76 Å². The summed E-state index contributed by atoms with van der Waals surface area (Å²) in [5.74, 6) is 0.792. The third-order valence-corrected chi connectivity index (χ3v) is 4.34. The van der Waals surface area contributed by atoms with Crippen LogP contribution in [0.3, 0.4) is 0 Å². The van der Waals surface area contributed by atoms with E-state index in [1.807, 2.05) is 13.0 Å². The van der Waals surface area contributed by atoms with Gasteiger partial charge in [0.1, 0.15) is 11.9 Å². The van der Waals surface area contributed by atoms with E-state index >= 15 is 0 Å². The monoisotopic (exact) mass is 354 g/mol. The highest BCUT2D eigenvalue weighted by atomic mass is 19.1. The van der Waals surface area contributed by atoms with Crippen LogP contribution in [0.4, 0.5) is 10.3 Å². The molecule has 2 aromatic heterocycles. The van der Waals surface area contributed by atoms with Gasteiger partial charge < -0.3 is 14.6 Å². The SMILES string of the molecule is Cc1cc(-c2cnc(NCc3ccccc3F)nc2C2CCCO2)on1. The molecule has 4 rings (SSSR count). The largest absolute Gasteiger partial charge is 0.372 e. The summed E-state index contributed by atoms with van der Waals surface area (Å²) in [6.07, 6.45) is 3.48. The summed E-state index contributed by atoms with van der Waals surface area (Å²) < 4.78 is 25.0. The van der Waals surface area contributed by atoms with Crippen LogP contribution in [-0.4, -0.2) is 21.7 Å². The molecular weight excluding hydrogens is 335 g/mol. The third kappa shape index (κ3) is 3.43. The highest BCUT2D eigenvalue weighted by Gasteiger charge is 2.25. The van der Waals surface area contributed by atoms with Gasteiger partial charge in [-0.1, -0.05) is 23.4 Å². The first kappa shape index (κ1) is 16.7. The van der Waals surface area contributed by atoms with Gasteiger partial charge in [0.2, 0.25) is 5.95 Å². The minimum absolute atomic E-state index is 0.104. The molecule has 0 amide bonds. The highest BCUT2D eigenvalue weighted by molar-refractivity contribution is 5.61. The molecule has 1 aromatic carbocycles. The van der Waals surface area contributed by atoms with Crippen LogP contribution in [0.1, 0.15) is 35.9 Å². The summed E-state index contributed by atoms with van der Waals surface area (Å²) in [5, 5.41) is 7.03. The average Bonchev–Trinajstić information content (AvgIpc) is 3.33. The number of hydrogen-bond donors (Lipinski definition) is 1. The Morgan fingerprint density at radius 3 is 2.92 bits per heavy atom. The molecule has 1 fully saturated rings. The lowest BCUT2D eigenvalue weighted by molar-refractivity contribution is 0.109. The molecule has 1 unspecified atom stereocenters. The predicted octanol–water partition coefficient (Wildman–Crippen LogP) is 4.04. The van der Waals surface area contributed by atoms with Crippen molar-refractivity contribution in [1.82, 2.24) is 15.1 Å². The molecule has 0 saturated carbocycles. The van der Waals surface area contributed by atoms with E-state index in [-0.39, 0.29) is 11.9 Å². The van der Waals surface area contributed by atoms with Crippen molar-refractivity contribution in [2.45, 2.75) is 32.4 Å². The molecular formula is C19H19FN4O2. The van der Waals surface area contributed by atoms with Crippen molar-refractivity contribution in [3.8, 4) is 11.3 Å². The molecule has 3 aromatic rings. The summed E-state index contributed by atoms with van der Waals surface area (Å²) in [7, 11) is 0. The van der Waals surface area contributed by atoms with Crippen molar-refractivity contribution >= 4 is 5.95 Å². The molecule has 1 aliphatic rings. The Labute approximate surface area is 150 Å². The second-order valence-electron chi connectivity index (χ2n) is 6.27. The first-order valence-electron chi connectivity index (χ1n) is 8.60. The zero-order chi connectivity index (χ0) is 17.9. The second kappa shape index (κ2) is 7.21. The van der Waals surface area contributed by atoms with E-state index in [9.17, 15) is 4.39 Å². The van der Waals surface area contributed by atoms with Crippen molar-refractivity contribution in [2.24, 2.45) is 0 Å². The van der Waals surface area contributed by atoms with Crippen LogP contribution in [-0.2, 0) is 11.3 Å². The van der Waals surface area contributed by atoms with Gasteiger partial charge in [-0.05, 0) is 25.8 Å². The summed E-state index contributed by atoms with van der Waals surface area (Å²) in [5.41, 5.74) is 2.89. The predicted molar refractivity (Wildman–Crippen MR) is 93.9 cm³/mol. The minimum Gasteiger partial charge on any atom is -0.372 e. The Bertz CT molecular complexity index is 906. The normalized spacial score (nSPS) is 16.8. The lowest BCUT2D eigenvalue weighted by atomic mass is 10.1. The van der Waals surface area contributed by atoms with Crippen molar-refractivity contribution < 1.29 is 13.7 Å². The maximum atomic E-state index is 13.8. The summed E-state index contributed by atoms with van der Waals surface area (Å²) in [4.78, 5) is 8.98. The Morgan fingerprint density at radius 2 is 2.19 bits per heavy atom. The quantitative estimate of drug-likeness (QED) is 0.745. The number of aromatic nitrogens is 3. The third-order valence-electron chi connectivity index (χ3n) is 4.34. The van der Waals surface area contributed by atoms with Gasteiger partial charge in [0, 0.05) is 31.0 Å². The lowest BCUT2D eigenvalue weighted by Crippen LogP contribution is -2.09. The first-order valence-corrected chi connectivity index (χ1v) is 8.60. The van der Waals surface area contributed by atoms with Gasteiger partial charge in [-0.2, -0.15) is 0 Å². The summed E-state index contributed by atoms with van der Waals surface area (Å²) >= 11 is 0. The highest BCUT2D eigenvalue weighted by Crippen LogP contribution is 2.34. The van der Waals surface area contributed by atoms with E-state index in [1.54, 1.807) is 24.4 Å². The molecule has 1 atom stereocenters. The molecule has 0 spiro atoms. The Hall–Kier alpha value is -2.80. The molecule has 0 radical (unpaired) electrons. The lowest BCUT2D eigenvalue weighted by Gasteiger charge is -2.14. The van der Waals surface area contributed by atoms with Crippen LogP contribution in [0.2, 0.25) is 0 Å². The number of aryl methyl sites for hydroxylation is 1. The molecule has 3 heterocycles. The Kier molecular flexibility index (Phi) is 4.62. The first-order chi connectivity index (χ1) is 12.7. The molecule has 1 N–H and O–H groups in total. The van der Waals surface area contributed by atoms with E-state index in [4.69, 9.17) is 9.26 Å². The fourth-order valence-electron chi connectivity index (χ4n) is 3.02. The molecule has 0 aliphatic carbocycles. The summed E-state index contributed by atoms with van der Waals surface area (Å²) in [6, 6.07) is 8.48. The Morgan fingerprint density at radius 1 is 1.31 bits per heavy atom. The fraction of sp³-hybridized carbons (Fsp3) is 0.316. The van der Waals surface area contributed by atoms with Crippen LogP contribution in [0.15, 0.2) is 41.1 Å². The van der Waals surface area contributed by atoms with Crippen LogP contribution in [0.5, 0.6) is 0 Å². The van der Waals surface area contributed by atoms with Gasteiger partial charge in [0.05, 0.1) is 17.0 Å². The van der Waals surface area contributed by atoms with E-state index in [0.717, 1.165) is 29.8 Å². The molecule has 7 heteroatoms. The molecule has 134 valence electrons. The minimum atomic E-state index is -0.256. The topological polar surface area (TPSA) is 73.1 Å². The Balaban J connectivity index is 1.62. The zero-order valence-electron chi connectivity index (χ0n) is 14.4. The van der Waals surface area contributed by atoms with Crippen LogP contribution in [0.25, 0.3) is 11.3 Å². The van der Waals surface area contributed by atoms with Crippen molar-refractivity contribution in [3.05, 3.63) is 59.3 Å². The number of hydrogen-bond acceptors (Lipinski definition) is 6. The van der Waals surface area contributed by atoms with Crippen molar-refractivity contribution in [2.75, 3.05) is 11.9 Å². The van der Waals surface area contributed by atoms with E-state index in [2.05, 4.69) is 20.4 Å². The number of benzene rings is 1. The van der Waals surface area contributed by atoms with Crippen LogP contribution >= 0.6 is 0 Å². The van der Waals surface area contributed by atoms with Gasteiger partial charge >= 0.3 is 0 Å². The number of nitrogens with one attached hydrogen (secondary N) is 1. The smallest absolute Gasteiger partial charge is 0.223 e. The number of anilines is 1. The number of halogens is 1. The molecule has 1 aliphatic heterocycles. The maximum Gasteiger partial charge on any atom is 0.223 e. The zero-order valence-corrected chi connectivity index (χ0v) is 14.4. The number of nitrogens with zero attached hydrogens (tertiary/aromatic N) is 3. The second-order valence-corrected chi connectivity index (χ2v) is 6.27. The van der Waals surface area contributed by atoms with Crippen LogP contribution in [0, 0.1) is 12.7 Å².